The molecule has 0 saturated heterocycles. The zero-order chi connectivity index (χ0) is 16.5. The lowest BCUT2D eigenvalue weighted by molar-refractivity contribution is -0.139. The Morgan fingerprint density at radius 2 is 1.86 bits per heavy atom. The van der Waals surface area contributed by atoms with E-state index in [0.717, 1.165) is 23.7 Å². The van der Waals surface area contributed by atoms with Crippen molar-refractivity contribution in [3.05, 3.63) is 35.7 Å². The Bertz CT molecular complexity index is 770. The van der Waals surface area contributed by atoms with E-state index >= 15 is 0 Å². The molecule has 0 saturated carbocycles. The molecule has 0 bridgehead atoms. The average Bonchev–Trinajstić information content (AvgIpc) is 2.86. The Balaban J connectivity index is 2.39. The quantitative estimate of drug-likeness (QED) is 0.915. The Morgan fingerprint density at radius 3 is 2.41 bits per heavy atom. The Kier molecular flexibility index (Phi) is 4.43. The molecule has 10 heteroatoms. The van der Waals surface area contributed by atoms with Gasteiger partial charge in [-0.2, -0.15) is 17.5 Å². The summed E-state index contributed by atoms with van der Waals surface area (Å²) in [7, 11) is -4.40. The largest absolute Gasteiger partial charge is 0.417 e. The molecule has 2 aromatic rings. The highest BCUT2D eigenvalue weighted by molar-refractivity contribution is 7.93. The van der Waals surface area contributed by atoms with Crippen molar-refractivity contribution in [3.8, 4) is 0 Å². The highest BCUT2D eigenvalue weighted by Gasteiger charge is 2.37. The summed E-state index contributed by atoms with van der Waals surface area (Å²) < 4.78 is 69.1. The second-order valence-corrected chi connectivity index (χ2v) is 7.11. The fraction of sp³-hybridized carbons (Fsp3) is 0.333. The van der Waals surface area contributed by atoms with Crippen LogP contribution in [0, 0.1) is 0 Å². The molecule has 120 valence electrons. The SMILES string of the molecule is CC(C)c1nsc(NS(=O)(=O)c2ccccc2C(F)(F)F)n1. The predicted octanol–water partition coefficient (Wildman–Crippen LogP) is 3.48. The third-order valence-corrected chi connectivity index (χ3v) is 4.83. The molecule has 0 amide bonds. The van der Waals surface area contributed by atoms with Crippen molar-refractivity contribution in [2.24, 2.45) is 0 Å². The highest BCUT2D eigenvalue weighted by atomic mass is 32.2. The molecule has 0 aliphatic rings. The number of alkyl halides is 3. The summed E-state index contributed by atoms with van der Waals surface area (Å²) in [6.45, 7) is 3.64. The number of hydrogen-bond donors (Lipinski definition) is 1. The van der Waals surface area contributed by atoms with Crippen molar-refractivity contribution in [2.45, 2.75) is 30.8 Å². The first-order chi connectivity index (χ1) is 10.1. The maximum absolute atomic E-state index is 12.9. The lowest BCUT2D eigenvalue weighted by atomic mass is 10.2. The number of nitrogens with one attached hydrogen (secondary N) is 1. The topological polar surface area (TPSA) is 72.0 Å². The Hall–Kier alpha value is -1.68. The third kappa shape index (κ3) is 3.55. The maximum Gasteiger partial charge on any atom is 0.417 e. The lowest BCUT2D eigenvalue weighted by Crippen LogP contribution is -2.18. The molecule has 1 aromatic carbocycles. The third-order valence-electron chi connectivity index (χ3n) is 2.66. The molecular formula is C12H12F3N3O2S2. The van der Waals surface area contributed by atoms with Crippen LogP contribution in [0.3, 0.4) is 0 Å². The molecule has 22 heavy (non-hydrogen) atoms. The molecule has 0 radical (unpaired) electrons. The van der Waals surface area contributed by atoms with Crippen molar-refractivity contribution < 1.29 is 21.6 Å². The lowest BCUT2D eigenvalue weighted by Gasteiger charge is -2.12. The molecule has 5 nitrogen and oxygen atoms in total. The van der Waals surface area contributed by atoms with Crippen molar-refractivity contribution in [3.63, 3.8) is 0 Å². The first-order valence-corrected chi connectivity index (χ1v) is 8.39. The minimum Gasteiger partial charge on any atom is -0.253 e. The van der Waals surface area contributed by atoms with Gasteiger partial charge in [-0.05, 0) is 12.1 Å². The molecule has 2 rings (SSSR count). The molecule has 0 spiro atoms. The molecule has 1 N–H and O–H groups in total. The van der Waals surface area contributed by atoms with E-state index in [4.69, 9.17) is 0 Å². The number of aromatic nitrogens is 2. The van der Waals surface area contributed by atoms with Crippen LogP contribution in [0.25, 0.3) is 0 Å². The number of anilines is 1. The molecule has 0 aliphatic carbocycles. The summed E-state index contributed by atoms with van der Waals surface area (Å²) >= 11 is 0.780. The van der Waals surface area contributed by atoms with E-state index in [1.54, 1.807) is 0 Å². The molecule has 1 heterocycles. The number of benzene rings is 1. The van der Waals surface area contributed by atoms with E-state index in [1.807, 2.05) is 18.6 Å². The maximum atomic E-state index is 12.9. The number of hydrogen-bond acceptors (Lipinski definition) is 5. The highest BCUT2D eigenvalue weighted by Crippen LogP contribution is 2.34. The van der Waals surface area contributed by atoms with Gasteiger partial charge in [0.25, 0.3) is 10.0 Å². The van der Waals surface area contributed by atoms with Crippen LogP contribution in [-0.4, -0.2) is 17.8 Å². The molecular weight excluding hydrogens is 339 g/mol. The van der Waals surface area contributed by atoms with Gasteiger partial charge >= 0.3 is 6.18 Å². The van der Waals surface area contributed by atoms with Crippen LogP contribution in [0.1, 0.15) is 31.2 Å². The summed E-state index contributed by atoms with van der Waals surface area (Å²) in [5.74, 6) is 0.406. The van der Waals surface area contributed by atoms with Crippen molar-refractivity contribution in [1.82, 2.24) is 9.36 Å². The van der Waals surface area contributed by atoms with Crippen molar-refractivity contribution in [1.29, 1.82) is 0 Å². The van der Waals surface area contributed by atoms with Crippen LogP contribution < -0.4 is 4.72 Å². The summed E-state index contributed by atoms with van der Waals surface area (Å²) in [4.78, 5) is 3.10. The predicted molar refractivity (Wildman–Crippen MR) is 76.3 cm³/mol. The van der Waals surface area contributed by atoms with Crippen LogP contribution in [0.4, 0.5) is 18.3 Å². The molecule has 0 aliphatic heterocycles. The molecule has 0 unspecified atom stereocenters. The Labute approximate surface area is 129 Å². The van der Waals surface area contributed by atoms with E-state index in [9.17, 15) is 21.6 Å². The summed E-state index contributed by atoms with van der Waals surface area (Å²) in [6.07, 6.45) is -4.77. The molecule has 0 fully saturated rings. The van der Waals surface area contributed by atoms with Gasteiger partial charge in [0.2, 0.25) is 5.13 Å². The summed E-state index contributed by atoms with van der Waals surface area (Å²) in [5.41, 5.74) is -1.23. The van der Waals surface area contributed by atoms with Crippen LogP contribution >= 0.6 is 11.5 Å². The van der Waals surface area contributed by atoms with Gasteiger partial charge in [-0.25, -0.2) is 13.4 Å². The monoisotopic (exact) mass is 351 g/mol. The van der Waals surface area contributed by atoms with Crippen LogP contribution in [0.15, 0.2) is 29.2 Å². The van der Waals surface area contributed by atoms with Gasteiger partial charge in [0, 0.05) is 17.5 Å². The van der Waals surface area contributed by atoms with Crippen LogP contribution in [-0.2, 0) is 16.2 Å². The second kappa shape index (κ2) is 5.84. The minimum absolute atomic E-state index is 0.0167. The average molecular weight is 351 g/mol. The van der Waals surface area contributed by atoms with Gasteiger partial charge < -0.3 is 0 Å². The van der Waals surface area contributed by atoms with Crippen LogP contribution in [0.2, 0.25) is 0 Å². The van der Waals surface area contributed by atoms with E-state index < -0.39 is 26.7 Å². The van der Waals surface area contributed by atoms with E-state index in [-0.39, 0.29) is 11.0 Å². The normalized spacial score (nSPS) is 12.6. The van der Waals surface area contributed by atoms with Crippen molar-refractivity contribution in [2.75, 3.05) is 4.72 Å². The number of halogens is 3. The fourth-order valence-corrected chi connectivity index (χ4v) is 3.78. The van der Waals surface area contributed by atoms with Gasteiger partial charge in [-0.1, -0.05) is 26.0 Å². The molecule has 1 aromatic heterocycles. The van der Waals surface area contributed by atoms with Gasteiger partial charge in [0.15, 0.2) is 0 Å². The number of sulfonamides is 1. The summed E-state index contributed by atoms with van der Waals surface area (Å²) in [6, 6.07) is 3.97. The first-order valence-electron chi connectivity index (χ1n) is 6.14. The summed E-state index contributed by atoms with van der Waals surface area (Å²) in [5, 5.41) is -0.0688. The van der Waals surface area contributed by atoms with Crippen molar-refractivity contribution >= 4 is 26.7 Å². The van der Waals surface area contributed by atoms with Crippen LogP contribution in [0.5, 0.6) is 0 Å². The Morgan fingerprint density at radius 1 is 1.23 bits per heavy atom. The standard InChI is InChI=1S/C12H12F3N3O2S2/c1-7(2)10-16-11(21-17-10)18-22(19,20)9-6-4-3-5-8(9)12(13,14)15/h3-7H,1-2H3,(H,16,17,18). The fourth-order valence-electron chi connectivity index (χ4n) is 1.62. The smallest absolute Gasteiger partial charge is 0.253 e. The number of nitrogens with zero attached hydrogens (tertiary/aromatic N) is 2. The zero-order valence-corrected chi connectivity index (χ0v) is 13.2. The van der Waals surface area contributed by atoms with Gasteiger partial charge in [0.1, 0.15) is 5.82 Å². The van der Waals surface area contributed by atoms with Gasteiger partial charge in [-0.15, -0.1) is 0 Å². The van der Waals surface area contributed by atoms with Gasteiger partial charge in [0.05, 0.1) is 10.5 Å². The zero-order valence-electron chi connectivity index (χ0n) is 11.5. The van der Waals surface area contributed by atoms with Gasteiger partial charge in [-0.3, -0.25) is 4.72 Å². The first kappa shape index (κ1) is 16.7. The van der Waals surface area contributed by atoms with E-state index in [0.29, 0.717) is 11.9 Å². The minimum atomic E-state index is -4.77. The van der Waals surface area contributed by atoms with E-state index in [2.05, 4.69) is 9.36 Å². The second-order valence-electron chi connectivity index (χ2n) is 4.71. The molecule has 0 atom stereocenters. The van der Waals surface area contributed by atoms with E-state index in [1.165, 1.54) is 6.07 Å². The number of rotatable bonds is 4.